The highest BCUT2D eigenvalue weighted by Crippen LogP contribution is 2.27. The third kappa shape index (κ3) is 3.81. The molecule has 1 aromatic rings. The van der Waals surface area contributed by atoms with Crippen LogP contribution in [0, 0.1) is 5.92 Å². The molecule has 1 aromatic carbocycles. The fourth-order valence-electron chi connectivity index (χ4n) is 1.91. The third-order valence-corrected chi connectivity index (χ3v) is 3.41. The number of amides is 1. The van der Waals surface area contributed by atoms with Crippen molar-refractivity contribution in [2.75, 3.05) is 25.5 Å². The Morgan fingerprint density at radius 3 is 2.74 bits per heavy atom. The van der Waals surface area contributed by atoms with Gasteiger partial charge in [-0.25, -0.2) is 0 Å². The summed E-state index contributed by atoms with van der Waals surface area (Å²) in [6.45, 7) is 2.41. The molecule has 1 atom stereocenters. The molecule has 0 saturated heterocycles. The van der Waals surface area contributed by atoms with Gasteiger partial charge in [-0.2, -0.15) is 0 Å². The van der Waals surface area contributed by atoms with Gasteiger partial charge in [-0.1, -0.05) is 36.8 Å². The molecule has 1 rings (SSSR count). The highest BCUT2D eigenvalue weighted by atomic mass is 35.5. The summed E-state index contributed by atoms with van der Waals surface area (Å²) < 4.78 is 0. The van der Waals surface area contributed by atoms with Gasteiger partial charge in [-0.05, 0) is 12.1 Å². The normalized spacial score (nSPS) is 11.8. The minimum absolute atomic E-state index is 0.00856. The zero-order valence-corrected chi connectivity index (χ0v) is 12.8. The first-order valence-electron chi connectivity index (χ1n) is 5.89. The standard InChI is InChI=1S/C13H18ClN3OS/c1-8(13(18)16-2)7-17(3)10-6-4-5-9(14)11(10)12(15)19/h4-6,8H,7H2,1-3H3,(H2,15,19)(H,16,18). The Morgan fingerprint density at radius 2 is 2.21 bits per heavy atom. The van der Waals surface area contributed by atoms with Gasteiger partial charge >= 0.3 is 0 Å². The summed E-state index contributed by atoms with van der Waals surface area (Å²) in [5.74, 6) is -0.154. The minimum Gasteiger partial charge on any atom is -0.389 e. The van der Waals surface area contributed by atoms with E-state index in [0.29, 0.717) is 17.1 Å². The number of hydrogen-bond donors (Lipinski definition) is 2. The second kappa shape index (κ2) is 6.73. The number of carbonyl (C=O) groups excluding carboxylic acids is 1. The van der Waals surface area contributed by atoms with Crippen molar-refractivity contribution in [3.8, 4) is 0 Å². The van der Waals surface area contributed by atoms with Crippen molar-refractivity contribution in [3.05, 3.63) is 28.8 Å². The molecule has 0 aliphatic rings. The third-order valence-electron chi connectivity index (χ3n) is 2.89. The summed E-state index contributed by atoms with van der Waals surface area (Å²) in [4.78, 5) is 13.7. The second-order valence-corrected chi connectivity index (χ2v) is 5.24. The molecular weight excluding hydrogens is 282 g/mol. The predicted octanol–water partition coefficient (Wildman–Crippen LogP) is 1.79. The van der Waals surface area contributed by atoms with Gasteiger partial charge in [0.25, 0.3) is 0 Å². The molecule has 0 aliphatic heterocycles. The summed E-state index contributed by atoms with van der Waals surface area (Å²) in [7, 11) is 3.51. The van der Waals surface area contributed by atoms with Crippen LogP contribution in [-0.2, 0) is 4.79 Å². The highest BCUT2D eigenvalue weighted by Gasteiger charge is 2.18. The zero-order valence-electron chi connectivity index (χ0n) is 11.2. The van der Waals surface area contributed by atoms with Crippen LogP contribution in [0.25, 0.3) is 0 Å². The summed E-state index contributed by atoms with van der Waals surface area (Å²) in [6.07, 6.45) is 0. The summed E-state index contributed by atoms with van der Waals surface area (Å²) in [5.41, 5.74) is 7.18. The molecule has 0 aliphatic carbocycles. The van der Waals surface area contributed by atoms with E-state index in [0.717, 1.165) is 5.69 Å². The molecule has 0 bridgehead atoms. The Kier molecular flexibility index (Phi) is 5.57. The van der Waals surface area contributed by atoms with Crippen LogP contribution in [0.15, 0.2) is 18.2 Å². The number of benzene rings is 1. The summed E-state index contributed by atoms with van der Waals surface area (Å²) >= 11 is 11.2. The minimum atomic E-state index is -0.145. The quantitative estimate of drug-likeness (QED) is 0.814. The monoisotopic (exact) mass is 299 g/mol. The van der Waals surface area contributed by atoms with Crippen LogP contribution in [0.2, 0.25) is 5.02 Å². The van der Waals surface area contributed by atoms with Gasteiger partial charge in [0.1, 0.15) is 4.99 Å². The Bertz CT molecular complexity index is 493. The smallest absolute Gasteiger partial charge is 0.224 e. The van der Waals surface area contributed by atoms with Crippen LogP contribution in [0.4, 0.5) is 5.69 Å². The van der Waals surface area contributed by atoms with E-state index < -0.39 is 0 Å². The lowest BCUT2D eigenvalue weighted by molar-refractivity contribution is -0.123. The van der Waals surface area contributed by atoms with Gasteiger partial charge in [0, 0.05) is 26.3 Å². The molecule has 6 heteroatoms. The number of anilines is 1. The number of rotatable bonds is 5. The van der Waals surface area contributed by atoms with Crippen LogP contribution in [-0.4, -0.2) is 31.5 Å². The average molecular weight is 300 g/mol. The van der Waals surface area contributed by atoms with Gasteiger partial charge in [0.05, 0.1) is 16.5 Å². The molecule has 0 heterocycles. The number of halogens is 1. The topological polar surface area (TPSA) is 58.4 Å². The lowest BCUT2D eigenvalue weighted by atomic mass is 10.1. The second-order valence-electron chi connectivity index (χ2n) is 4.39. The van der Waals surface area contributed by atoms with Crippen LogP contribution >= 0.6 is 23.8 Å². The number of hydrogen-bond acceptors (Lipinski definition) is 3. The van der Waals surface area contributed by atoms with Crippen molar-refractivity contribution >= 4 is 40.4 Å². The number of nitrogens with zero attached hydrogens (tertiary/aromatic N) is 1. The largest absolute Gasteiger partial charge is 0.389 e. The summed E-state index contributed by atoms with van der Waals surface area (Å²) in [6, 6.07) is 5.47. The van der Waals surface area contributed by atoms with Crippen LogP contribution in [0.5, 0.6) is 0 Å². The molecule has 3 N–H and O–H groups in total. The Balaban J connectivity index is 3.00. The maximum absolute atomic E-state index is 11.6. The lowest BCUT2D eigenvalue weighted by Gasteiger charge is -2.25. The predicted molar refractivity (Wildman–Crippen MR) is 83.8 cm³/mol. The van der Waals surface area contributed by atoms with Crippen molar-refractivity contribution in [2.45, 2.75) is 6.92 Å². The molecule has 0 spiro atoms. The molecule has 0 fully saturated rings. The van der Waals surface area contributed by atoms with Crippen LogP contribution in [0.1, 0.15) is 12.5 Å². The van der Waals surface area contributed by atoms with E-state index in [1.807, 2.05) is 31.0 Å². The first-order chi connectivity index (χ1) is 8.88. The Hall–Kier alpha value is -1.33. The lowest BCUT2D eigenvalue weighted by Crippen LogP contribution is -2.35. The van der Waals surface area contributed by atoms with E-state index in [-0.39, 0.29) is 16.8 Å². The molecule has 4 nitrogen and oxygen atoms in total. The molecular formula is C13H18ClN3OS. The van der Waals surface area contributed by atoms with Crippen LogP contribution < -0.4 is 16.0 Å². The molecule has 104 valence electrons. The Labute approximate surface area is 123 Å². The van der Waals surface area contributed by atoms with Gasteiger partial charge in [0.15, 0.2) is 0 Å². The van der Waals surface area contributed by atoms with E-state index >= 15 is 0 Å². The number of thiocarbonyl (C=S) groups is 1. The van der Waals surface area contributed by atoms with Crippen molar-refractivity contribution in [3.63, 3.8) is 0 Å². The van der Waals surface area contributed by atoms with Gasteiger partial charge < -0.3 is 16.0 Å². The fraction of sp³-hybridized carbons (Fsp3) is 0.385. The van der Waals surface area contributed by atoms with E-state index in [9.17, 15) is 4.79 Å². The first kappa shape index (κ1) is 15.7. The zero-order chi connectivity index (χ0) is 14.6. The molecule has 1 unspecified atom stereocenters. The molecule has 0 aromatic heterocycles. The van der Waals surface area contributed by atoms with Gasteiger partial charge in [0.2, 0.25) is 5.91 Å². The van der Waals surface area contributed by atoms with Crippen molar-refractivity contribution in [1.29, 1.82) is 0 Å². The van der Waals surface area contributed by atoms with E-state index in [2.05, 4.69) is 5.32 Å². The summed E-state index contributed by atoms with van der Waals surface area (Å²) in [5, 5.41) is 3.15. The molecule has 1 amide bonds. The average Bonchev–Trinajstić information content (AvgIpc) is 2.36. The number of nitrogens with two attached hydrogens (primary N) is 1. The number of nitrogens with one attached hydrogen (secondary N) is 1. The van der Waals surface area contributed by atoms with Crippen LogP contribution in [0.3, 0.4) is 0 Å². The van der Waals surface area contributed by atoms with E-state index in [1.165, 1.54) is 0 Å². The Morgan fingerprint density at radius 1 is 1.58 bits per heavy atom. The first-order valence-corrected chi connectivity index (χ1v) is 6.68. The fourth-order valence-corrected chi connectivity index (χ4v) is 2.46. The molecule has 0 radical (unpaired) electrons. The van der Waals surface area contributed by atoms with Crippen molar-refractivity contribution in [2.24, 2.45) is 11.7 Å². The highest BCUT2D eigenvalue weighted by molar-refractivity contribution is 7.80. The SMILES string of the molecule is CNC(=O)C(C)CN(C)c1cccc(Cl)c1C(N)=S. The molecule has 0 saturated carbocycles. The maximum Gasteiger partial charge on any atom is 0.224 e. The van der Waals surface area contributed by atoms with Gasteiger partial charge in [-0.3, -0.25) is 4.79 Å². The molecule has 19 heavy (non-hydrogen) atoms. The maximum atomic E-state index is 11.6. The number of carbonyl (C=O) groups is 1. The van der Waals surface area contributed by atoms with E-state index in [1.54, 1.807) is 13.1 Å². The van der Waals surface area contributed by atoms with Crippen molar-refractivity contribution < 1.29 is 4.79 Å². The van der Waals surface area contributed by atoms with Crippen molar-refractivity contribution in [1.82, 2.24) is 5.32 Å². The van der Waals surface area contributed by atoms with E-state index in [4.69, 9.17) is 29.6 Å². The van der Waals surface area contributed by atoms with Gasteiger partial charge in [-0.15, -0.1) is 0 Å².